The molecule has 1 fully saturated rings. The quantitative estimate of drug-likeness (QED) is 0.920. The van der Waals surface area contributed by atoms with Gasteiger partial charge in [0.1, 0.15) is 0 Å². The van der Waals surface area contributed by atoms with E-state index in [-0.39, 0.29) is 12.1 Å². The summed E-state index contributed by atoms with van der Waals surface area (Å²) in [5, 5.41) is 9.61. The molecule has 1 saturated heterocycles. The highest BCUT2D eigenvalue weighted by atomic mass is 16.4. The van der Waals surface area contributed by atoms with Gasteiger partial charge in [0.15, 0.2) is 6.04 Å². The molecule has 0 aromatic heterocycles. The summed E-state index contributed by atoms with van der Waals surface area (Å²) in [6.07, 6.45) is 0. The molecule has 5 nitrogen and oxygen atoms in total. The van der Waals surface area contributed by atoms with Crippen molar-refractivity contribution in [3.63, 3.8) is 0 Å². The molecule has 1 N–H and O–H groups in total. The maximum Gasteiger partial charge on any atom is 0.328 e. The normalized spacial score (nSPS) is 20.5. The highest BCUT2D eigenvalue weighted by Gasteiger charge is 2.47. The number of amides is 2. The van der Waals surface area contributed by atoms with Crippen LogP contribution in [0.15, 0.2) is 60.7 Å². The molecule has 0 saturated carbocycles. The van der Waals surface area contributed by atoms with Crippen LogP contribution in [0.1, 0.15) is 18.1 Å². The summed E-state index contributed by atoms with van der Waals surface area (Å²) in [6, 6.07) is 17.6. The number of hydrogen-bond donors (Lipinski definition) is 1. The molecule has 0 aliphatic carbocycles. The first-order valence-corrected chi connectivity index (χ1v) is 7.96. The SMILES string of the molecule is CC1C(C(=O)O)N(Cc2ccccc2)C(=O)N1Cc1ccccc1. The number of carboxylic acid groups (broad SMARTS) is 1. The van der Waals surface area contributed by atoms with Crippen LogP contribution in [0.2, 0.25) is 0 Å². The molecule has 3 rings (SSSR count). The van der Waals surface area contributed by atoms with Gasteiger partial charge in [-0.25, -0.2) is 9.59 Å². The Balaban J connectivity index is 1.85. The molecule has 1 aliphatic heterocycles. The van der Waals surface area contributed by atoms with Crippen molar-refractivity contribution in [1.29, 1.82) is 0 Å². The van der Waals surface area contributed by atoms with Crippen LogP contribution < -0.4 is 0 Å². The monoisotopic (exact) mass is 324 g/mol. The summed E-state index contributed by atoms with van der Waals surface area (Å²) in [5.74, 6) is -0.970. The lowest BCUT2D eigenvalue weighted by molar-refractivity contribution is -0.142. The van der Waals surface area contributed by atoms with E-state index in [0.29, 0.717) is 13.1 Å². The Morgan fingerprint density at radius 1 is 0.917 bits per heavy atom. The van der Waals surface area contributed by atoms with Gasteiger partial charge in [-0.3, -0.25) is 0 Å². The number of carbonyl (C=O) groups excluding carboxylic acids is 1. The van der Waals surface area contributed by atoms with E-state index in [0.717, 1.165) is 11.1 Å². The van der Waals surface area contributed by atoms with Crippen molar-refractivity contribution in [2.24, 2.45) is 0 Å². The second-order valence-electron chi connectivity index (χ2n) is 6.03. The van der Waals surface area contributed by atoms with Crippen molar-refractivity contribution in [1.82, 2.24) is 9.80 Å². The van der Waals surface area contributed by atoms with Crippen LogP contribution in [0.4, 0.5) is 4.79 Å². The standard InChI is InChI=1S/C19H20N2O3/c1-14-17(18(22)23)21(13-16-10-6-3-7-11-16)19(24)20(14)12-15-8-4-2-5-9-15/h2-11,14,17H,12-13H2,1H3,(H,22,23). The third-order valence-corrected chi connectivity index (χ3v) is 4.42. The van der Waals surface area contributed by atoms with E-state index in [2.05, 4.69) is 0 Å². The van der Waals surface area contributed by atoms with E-state index >= 15 is 0 Å². The Morgan fingerprint density at radius 2 is 1.38 bits per heavy atom. The Labute approximate surface area is 141 Å². The number of carbonyl (C=O) groups is 2. The number of hydrogen-bond acceptors (Lipinski definition) is 2. The summed E-state index contributed by atoms with van der Waals surface area (Å²) >= 11 is 0. The summed E-state index contributed by atoms with van der Waals surface area (Å²) in [7, 11) is 0. The number of aliphatic carboxylic acids is 1. The van der Waals surface area contributed by atoms with Gasteiger partial charge in [-0.15, -0.1) is 0 Å². The molecule has 24 heavy (non-hydrogen) atoms. The average Bonchev–Trinajstić information content (AvgIpc) is 2.81. The van der Waals surface area contributed by atoms with Gasteiger partial charge in [-0.2, -0.15) is 0 Å². The molecule has 0 radical (unpaired) electrons. The minimum Gasteiger partial charge on any atom is -0.480 e. The Bertz CT molecular complexity index is 718. The van der Waals surface area contributed by atoms with E-state index in [1.807, 2.05) is 60.7 Å². The Hall–Kier alpha value is -2.82. The van der Waals surface area contributed by atoms with Crippen LogP contribution in [-0.2, 0) is 17.9 Å². The van der Waals surface area contributed by atoms with E-state index in [9.17, 15) is 14.7 Å². The van der Waals surface area contributed by atoms with E-state index in [1.165, 1.54) is 4.90 Å². The average molecular weight is 324 g/mol. The molecule has 2 aromatic rings. The third-order valence-electron chi connectivity index (χ3n) is 4.42. The van der Waals surface area contributed by atoms with Crippen LogP contribution in [-0.4, -0.2) is 39.0 Å². The van der Waals surface area contributed by atoms with E-state index in [1.54, 1.807) is 11.8 Å². The van der Waals surface area contributed by atoms with Gasteiger partial charge >= 0.3 is 12.0 Å². The molecule has 124 valence electrons. The summed E-state index contributed by atoms with van der Waals surface area (Å²) in [6.45, 7) is 2.51. The molecule has 5 heteroatoms. The second kappa shape index (κ2) is 6.74. The summed E-state index contributed by atoms with van der Waals surface area (Å²) in [5.41, 5.74) is 1.91. The van der Waals surface area contributed by atoms with Crippen LogP contribution in [0.3, 0.4) is 0 Å². The highest BCUT2D eigenvalue weighted by Crippen LogP contribution is 2.27. The lowest BCUT2D eigenvalue weighted by Crippen LogP contribution is -2.41. The minimum absolute atomic E-state index is 0.234. The van der Waals surface area contributed by atoms with Gasteiger partial charge in [-0.05, 0) is 18.1 Å². The third kappa shape index (κ3) is 3.11. The smallest absolute Gasteiger partial charge is 0.328 e. The predicted octanol–water partition coefficient (Wildman–Crippen LogP) is 2.97. The van der Waals surface area contributed by atoms with Gasteiger partial charge in [0.2, 0.25) is 0 Å². The molecular formula is C19H20N2O3. The first-order valence-electron chi connectivity index (χ1n) is 7.96. The molecule has 0 bridgehead atoms. The van der Waals surface area contributed by atoms with Gasteiger partial charge in [0.05, 0.1) is 6.04 Å². The molecule has 1 aliphatic rings. The van der Waals surface area contributed by atoms with Crippen LogP contribution in [0.5, 0.6) is 0 Å². The number of rotatable bonds is 5. The maximum atomic E-state index is 12.8. The predicted molar refractivity (Wildman–Crippen MR) is 90.3 cm³/mol. The molecule has 2 aromatic carbocycles. The molecule has 0 spiro atoms. The molecule has 2 amide bonds. The summed E-state index contributed by atoms with van der Waals surface area (Å²) in [4.78, 5) is 27.6. The van der Waals surface area contributed by atoms with Crippen molar-refractivity contribution in [3.8, 4) is 0 Å². The van der Waals surface area contributed by atoms with Crippen molar-refractivity contribution in [3.05, 3.63) is 71.8 Å². The zero-order chi connectivity index (χ0) is 17.1. The maximum absolute atomic E-state index is 12.8. The number of benzene rings is 2. The van der Waals surface area contributed by atoms with Crippen molar-refractivity contribution >= 4 is 12.0 Å². The van der Waals surface area contributed by atoms with E-state index < -0.39 is 12.0 Å². The van der Waals surface area contributed by atoms with E-state index in [4.69, 9.17) is 0 Å². The molecule has 2 unspecified atom stereocenters. The summed E-state index contributed by atoms with van der Waals surface area (Å²) < 4.78 is 0. The number of urea groups is 1. The van der Waals surface area contributed by atoms with Crippen LogP contribution >= 0.6 is 0 Å². The Morgan fingerprint density at radius 3 is 1.83 bits per heavy atom. The minimum atomic E-state index is -0.970. The first-order chi connectivity index (χ1) is 11.6. The lowest BCUT2D eigenvalue weighted by atomic mass is 10.1. The molecule has 1 heterocycles. The van der Waals surface area contributed by atoms with Gasteiger partial charge in [0, 0.05) is 13.1 Å². The highest BCUT2D eigenvalue weighted by molar-refractivity contribution is 5.87. The number of carboxylic acids is 1. The fraction of sp³-hybridized carbons (Fsp3) is 0.263. The van der Waals surface area contributed by atoms with Crippen molar-refractivity contribution in [2.45, 2.75) is 32.1 Å². The molecule has 2 atom stereocenters. The van der Waals surface area contributed by atoms with Crippen LogP contribution in [0.25, 0.3) is 0 Å². The zero-order valence-corrected chi connectivity index (χ0v) is 13.5. The van der Waals surface area contributed by atoms with Gasteiger partial charge in [0.25, 0.3) is 0 Å². The largest absolute Gasteiger partial charge is 0.480 e. The molecular weight excluding hydrogens is 304 g/mol. The first kappa shape index (κ1) is 16.1. The second-order valence-corrected chi connectivity index (χ2v) is 6.03. The fourth-order valence-corrected chi connectivity index (χ4v) is 3.17. The van der Waals surface area contributed by atoms with Crippen LogP contribution in [0, 0.1) is 0 Å². The fourth-order valence-electron chi connectivity index (χ4n) is 3.17. The van der Waals surface area contributed by atoms with Crippen molar-refractivity contribution < 1.29 is 14.7 Å². The van der Waals surface area contributed by atoms with Gasteiger partial charge < -0.3 is 14.9 Å². The van der Waals surface area contributed by atoms with Crippen molar-refractivity contribution in [2.75, 3.05) is 0 Å². The zero-order valence-electron chi connectivity index (χ0n) is 13.5. The lowest BCUT2D eigenvalue weighted by Gasteiger charge is -2.21. The topological polar surface area (TPSA) is 60.9 Å². The Kier molecular flexibility index (Phi) is 4.51. The number of nitrogens with zero attached hydrogens (tertiary/aromatic N) is 2. The van der Waals surface area contributed by atoms with Gasteiger partial charge in [-0.1, -0.05) is 60.7 Å².